The number of likely N-dealkylation sites (tertiary alicyclic amines) is 1. The van der Waals surface area contributed by atoms with Gasteiger partial charge in [0, 0.05) is 12.5 Å². The average Bonchev–Trinajstić information content (AvgIpc) is 3.53. The Morgan fingerprint density at radius 3 is 2.44 bits per heavy atom. The third kappa shape index (κ3) is 5.30. The van der Waals surface area contributed by atoms with Gasteiger partial charge in [-0.25, -0.2) is 0 Å². The standard InChI is InChI=1S/C21H28N4O2/c1-21(15-22,18-7-8-18)24-19(26)14-25-11-9-17(10-12-25)20(27)23-13-16-5-3-2-4-6-16/h2-6,17-18H,7-14H2,1H3,(H,23,27)(H,24,26). The van der Waals surface area contributed by atoms with Crippen LogP contribution in [-0.4, -0.2) is 41.9 Å². The summed E-state index contributed by atoms with van der Waals surface area (Å²) in [6.45, 7) is 4.11. The molecule has 2 fully saturated rings. The minimum atomic E-state index is -0.743. The molecule has 2 aliphatic rings. The molecule has 1 unspecified atom stereocenters. The van der Waals surface area contributed by atoms with E-state index in [4.69, 9.17) is 0 Å². The lowest BCUT2D eigenvalue weighted by molar-refractivity contribution is -0.127. The molecule has 27 heavy (non-hydrogen) atoms. The second-order valence-electron chi connectivity index (χ2n) is 7.89. The molecule has 1 aliphatic heterocycles. The van der Waals surface area contributed by atoms with Crippen molar-refractivity contribution in [3.63, 3.8) is 0 Å². The summed E-state index contributed by atoms with van der Waals surface area (Å²) in [5, 5.41) is 15.3. The summed E-state index contributed by atoms with van der Waals surface area (Å²) in [7, 11) is 0. The first-order valence-electron chi connectivity index (χ1n) is 9.76. The van der Waals surface area contributed by atoms with E-state index in [0.717, 1.165) is 44.3 Å². The van der Waals surface area contributed by atoms with E-state index in [1.165, 1.54) is 0 Å². The van der Waals surface area contributed by atoms with Crippen LogP contribution in [-0.2, 0) is 16.1 Å². The molecule has 1 saturated heterocycles. The maximum atomic E-state index is 12.4. The van der Waals surface area contributed by atoms with Gasteiger partial charge in [-0.3, -0.25) is 14.5 Å². The van der Waals surface area contributed by atoms with E-state index in [2.05, 4.69) is 21.6 Å². The van der Waals surface area contributed by atoms with E-state index in [1.807, 2.05) is 37.3 Å². The Bertz CT molecular complexity index is 703. The van der Waals surface area contributed by atoms with Crippen LogP contribution in [0.3, 0.4) is 0 Å². The minimum Gasteiger partial charge on any atom is -0.352 e. The van der Waals surface area contributed by atoms with E-state index >= 15 is 0 Å². The van der Waals surface area contributed by atoms with Crippen molar-refractivity contribution in [1.82, 2.24) is 15.5 Å². The molecule has 6 nitrogen and oxygen atoms in total. The molecule has 144 valence electrons. The molecule has 1 heterocycles. The maximum Gasteiger partial charge on any atom is 0.235 e. The number of benzene rings is 1. The third-order valence-corrected chi connectivity index (χ3v) is 5.66. The molecule has 2 amide bonds. The van der Waals surface area contributed by atoms with Crippen LogP contribution in [0.2, 0.25) is 0 Å². The van der Waals surface area contributed by atoms with Crippen molar-refractivity contribution < 1.29 is 9.59 Å². The van der Waals surface area contributed by atoms with Crippen LogP contribution in [0, 0.1) is 23.2 Å². The zero-order valence-corrected chi connectivity index (χ0v) is 15.9. The van der Waals surface area contributed by atoms with Crippen LogP contribution in [0.5, 0.6) is 0 Å². The summed E-state index contributed by atoms with van der Waals surface area (Å²) in [6.07, 6.45) is 3.53. The summed E-state index contributed by atoms with van der Waals surface area (Å²) in [6, 6.07) is 12.1. The highest BCUT2D eigenvalue weighted by Gasteiger charge is 2.43. The van der Waals surface area contributed by atoms with Crippen molar-refractivity contribution >= 4 is 11.8 Å². The van der Waals surface area contributed by atoms with Crippen molar-refractivity contribution in [3.05, 3.63) is 35.9 Å². The lowest BCUT2D eigenvalue weighted by Gasteiger charge is -2.32. The van der Waals surface area contributed by atoms with Gasteiger partial charge in [0.15, 0.2) is 0 Å². The molecule has 0 aromatic heterocycles. The Morgan fingerprint density at radius 2 is 1.85 bits per heavy atom. The molecule has 1 aromatic carbocycles. The van der Waals surface area contributed by atoms with Crippen molar-refractivity contribution in [2.45, 2.75) is 44.7 Å². The molecule has 1 saturated carbocycles. The zero-order valence-electron chi connectivity index (χ0n) is 15.9. The van der Waals surface area contributed by atoms with Crippen LogP contribution in [0.1, 0.15) is 38.2 Å². The Hall–Kier alpha value is -2.39. The van der Waals surface area contributed by atoms with Gasteiger partial charge >= 0.3 is 0 Å². The molecule has 1 aromatic rings. The van der Waals surface area contributed by atoms with Crippen LogP contribution in [0.15, 0.2) is 30.3 Å². The number of hydrogen-bond donors (Lipinski definition) is 2. The van der Waals surface area contributed by atoms with Gasteiger partial charge in [-0.15, -0.1) is 0 Å². The lowest BCUT2D eigenvalue weighted by Crippen LogP contribution is -2.51. The predicted octanol–water partition coefficient (Wildman–Crippen LogP) is 1.82. The number of carbonyl (C=O) groups excluding carboxylic acids is 2. The summed E-state index contributed by atoms with van der Waals surface area (Å²) in [4.78, 5) is 26.7. The van der Waals surface area contributed by atoms with Crippen LogP contribution >= 0.6 is 0 Å². The fourth-order valence-electron chi connectivity index (χ4n) is 3.70. The number of nitrogens with zero attached hydrogens (tertiary/aromatic N) is 2. The fourth-order valence-corrected chi connectivity index (χ4v) is 3.70. The second-order valence-corrected chi connectivity index (χ2v) is 7.89. The molecule has 6 heteroatoms. The first kappa shape index (κ1) is 19.4. The van der Waals surface area contributed by atoms with E-state index in [-0.39, 0.29) is 23.7 Å². The predicted molar refractivity (Wildman–Crippen MR) is 102 cm³/mol. The van der Waals surface area contributed by atoms with Gasteiger partial charge in [-0.05, 0) is 57.2 Å². The van der Waals surface area contributed by atoms with Crippen LogP contribution in [0.4, 0.5) is 0 Å². The molecule has 1 aliphatic carbocycles. The molecule has 0 spiro atoms. The Balaban J connectivity index is 1.39. The topological polar surface area (TPSA) is 85.2 Å². The van der Waals surface area contributed by atoms with Crippen molar-refractivity contribution in [1.29, 1.82) is 5.26 Å². The minimum absolute atomic E-state index is 0.00358. The van der Waals surface area contributed by atoms with Crippen molar-refractivity contribution in [2.24, 2.45) is 11.8 Å². The van der Waals surface area contributed by atoms with Gasteiger partial charge in [0.1, 0.15) is 5.54 Å². The maximum absolute atomic E-state index is 12.4. The van der Waals surface area contributed by atoms with E-state index in [9.17, 15) is 14.9 Å². The highest BCUT2D eigenvalue weighted by Crippen LogP contribution is 2.39. The first-order chi connectivity index (χ1) is 13.0. The summed E-state index contributed by atoms with van der Waals surface area (Å²) in [5.41, 5.74) is 0.350. The Kier molecular flexibility index (Phi) is 6.12. The summed E-state index contributed by atoms with van der Waals surface area (Å²) >= 11 is 0. The first-order valence-corrected chi connectivity index (χ1v) is 9.76. The van der Waals surface area contributed by atoms with Crippen molar-refractivity contribution in [3.8, 4) is 6.07 Å². The van der Waals surface area contributed by atoms with Crippen LogP contribution in [0.25, 0.3) is 0 Å². The molecule has 2 N–H and O–H groups in total. The highest BCUT2D eigenvalue weighted by atomic mass is 16.2. The average molecular weight is 368 g/mol. The van der Waals surface area contributed by atoms with Gasteiger partial charge < -0.3 is 10.6 Å². The van der Waals surface area contributed by atoms with E-state index < -0.39 is 5.54 Å². The molecular weight excluding hydrogens is 340 g/mol. The van der Waals surface area contributed by atoms with Crippen molar-refractivity contribution in [2.75, 3.05) is 19.6 Å². The number of piperidine rings is 1. The van der Waals surface area contributed by atoms with Gasteiger partial charge in [0.05, 0.1) is 12.6 Å². The molecule has 3 rings (SSSR count). The van der Waals surface area contributed by atoms with Gasteiger partial charge in [0.25, 0.3) is 0 Å². The molecule has 0 radical (unpaired) electrons. The number of hydrogen-bond acceptors (Lipinski definition) is 4. The molecule has 1 atom stereocenters. The zero-order chi connectivity index (χ0) is 19.3. The second kappa shape index (κ2) is 8.53. The quantitative estimate of drug-likeness (QED) is 0.769. The third-order valence-electron chi connectivity index (χ3n) is 5.66. The number of nitrogens with one attached hydrogen (secondary N) is 2. The number of amides is 2. The molecule has 0 bridgehead atoms. The van der Waals surface area contributed by atoms with E-state index in [0.29, 0.717) is 13.1 Å². The smallest absolute Gasteiger partial charge is 0.235 e. The number of rotatable bonds is 7. The fraction of sp³-hybridized carbons (Fsp3) is 0.571. The normalized spacial score (nSPS) is 20.3. The summed E-state index contributed by atoms with van der Waals surface area (Å²) in [5.74, 6) is 0.279. The lowest BCUT2D eigenvalue weighted by atomic mass is 9.95. The van der Waals surface area contributed by atoms with Crippen LogP contribution < -0.4 is 10.6 Å². The Labute approximate surface area is 160 Å². The molecular formula is C21H28N4O2. The Morgan fingerprint density at radius 1 is 1.19 bits per heavy atom. The van der Waals surface area contributed by atoms with Gasteiger partial charge in [-0.1, -0.05) is 30.3 Å². The van der Waals surface area contributed by atoms with Gasteiger partial charge in [-0.2, -0.15) is 5.26 Å². The largest absolute Gasteiger partial charge is 0.352 e. The SMILES string of the molecule is CC(C#N)(NC(=O)CN1CCC(C(=O)NCc2ccccc2)CC1)C1CC1. The summed E-state index contributed by atoms with van der Waals surface area (Å²) < 4.78 is 0. The number of nitriles is 1. The highest BCUT2D eigenvalue weighted by molar-refractivity contribution is 5.80. The number of carbonyl (C=O) groups is 2. The van der Waals surface area contributed by atoms with Gasteiger partial charge in [0.2, 0.25) is 11.8 Å². The monoisotopic (exact) mass is 368 g/mol. The van der Waals surface area contributed by atoms with E-state index in [1.54, 1.807) is 0 Å².